The van der Waals surface area contributed by atoms with Gasteiger partial charge in [-0.05, 0) is 75.5 Å². The highest BCUT2D eigenvalue weighted by atomic mass is 15.0. The van der Waals surface area contributed by atoms with Crippen LogP contribution in [0.25, 0.3) is 66.0 Å². The number of pyridine rings is 2. The van der Waals surface area contributed by atoms with Crippen LogP contribution in [0, 0.1) is 0 Å². The minimum Gasteiger partial charge on any atom is -0.307 e. The van der Waals surface area contributed by atoms with E-state index in [1.54, 1.807) is 0 Å². The van der Waals surface area contributed by atoms with Crippen molar-refractivity contribution in [3.8, 4) is 17.1 Å². The van der Waals surface area contributed by atoms with Crippen LogP contribution in [0.15, 0.2) is 121 Å². The number of aromatic nitrogens is 3. The van der Waals surface area contributed by atoms with Gasteiger partial charge in [-0.1, -0.05) is 92.7 Å². The maximum atomic E-state index is 4.98. The summed E-state index contributed by atoms with van der Waals surface area (Å²) in [5, 5.41) is 7.61. The van der Waals surface area contributed by atoms with Crippen LogP contribution >= 0.6 is 0 Å². The fourth-order valence-corrected chi connectivity index (χ4v) is 7.65. The first-order valence-electron chi connectivity index (χ1n) is 14.8. The highest BCUT2D eigenvalue weighted by molar-refractivity contribution is 6.25. The third kappa shape index (κ3) is 3.11. The molecule has 2 aliphatic carbocycles. The zero-order valence-corrected chi connectivity index (χ0v) is 23.7. The molecule has 0 unspecified atom stereocenters. The Balaban J connectivity index is 1.35. The van der Waals surface area contributed by atoms with E-state index in [0.717, 1.165) is 35.3 Å². The molecule has 0 amide bonds. The van der Waals surface area contributed by atoms with E-state index in [1.807, 2.05) is 18.5 Å². The second-order valence-corrected chi connectivity index (χ2v) is 12.1. The molecule has 3 nitrogen and oxygen atoms in total. The van der Waals surface area contributed by atoms with Crippen molar-refractivity contribution in [1.29, 1.82) is 0 Å². The fraction of sp³-hybridized carbons (Fsp3) is 0.128. The minimum atomic E-state index is -0.113. The summed E-state index contributed by atoms with van der Waals surface area (Å²) in [7, 11) is 0. The van der Waals surface area contributed by atoms with Crippen LogP contribution in [0.3, 0.4) is 0 Å². The van der Waals surface area contributed by atoms with Crippen molar-refractivity contribution in [2.75, 3.05) is 0 Å². The molecule has 2 aliphatic rings. The van der Waals surface area contributed by atoms with E-state index in [1.165, 1.54) is 60.2 Å². The highest BCUT2D eigenvalue weighted by Crippen LogP contribution is 2.56. The normalized spacial score (nSPS) is 15.7. The van der Waals surface area contributed by atoms with Gasteiger partial charge in [0.25, 0.3) is 0 Å². The van der Waals surface area contributed by atoms with Crippen molar-refractivity contribution >= 4 is 48.9 Å². The predicted octanol–water partition coefficient (Wildman–Crippen LogP) is 9.94. The Labute approximate surface area is 244 Å². The van der Waals surface area contributed by atoms with Gasteiger partial charge in [0.15, 0.2) is 0 Å². The van der Waals surface area contributed by atoms with Gasteiger partial charge in [0.2, 0.25) is 0 Å². The average molecular weight is 540 g/mol. The second kappa shape index (κ2) is 8.50. The van der Waals surface area contributed by atoms with E-state index < -0.39 is 0 Å². The predicted molar refractivity (Wildman–Crippen MR) is 175 cm³/mol. The van der Waals surface area contributed by atoms with Crippen LogP contribution in [-0.4, -0.2) is 14.5 Å². The molecule has 7 aromatic rings. The van der Waals surface area contributed by atoms with Gasteiger partial charge in [-0.25, -0.2) is 0 Å². The van der Waals surface area contributed by atoms with Crippen molar-refractivity contribution < 1.29 is 0 Å². The highest BCUT2D eigenvalue weighted by Gasteiger charge is 2.41. The van der Waals surface area contributed by atoms with Gasteiger partial charge in [-0.15, -0.1) is 0 Å². The van der Waals surface area contributed by atoms with Crippen LogP contribution in [0.1, 0.15) is 37.8 Å². The lowest BCUT2D eigenvalue weighted by Gasteiger charge is -2.26. The molecule has 3 heterocycles. The first-order valence-corrected chi connectivity index (χ1v) is 14.8. The lowest BCUT2D eigenvalue weighted by molar-refractivity contribution is 0.655. The summed E-state index contributed by atoms with van der Waals surface area (Å²) < 4.78 is 2.46. The molecule has 0 spiro atoms. The van der Waals surface area contributed by atoms with Gasteiger partial charge in [-0.2, -0.15) is 0 Å². The van der Waals surface area contributed by atoms with Crippen LogP contribution in [0.4, 0.5) is 0 Å². The molecule has 0 radical (unpaired) electrons. The molecule has 0 N–H and O–H groups in total. The Bertz CT molecular complexity index is 2310. The van der Waals surface area contributed by atoms with Crippen molar-refractivity contribution in [1.82, 2.24) is 14.5 Å². The summed E-state index contributed by atoms with van der Waals surface area (Å²) in [6, 6.07) is 32.7. The zero-order chi connectivity index (χ0) is 28.0. The van der Waals surface area contributed by atoms with E-state index in [0.29, 0.717) is 0 Å². The maximum absolute atomic E-state index is 4.98. The molecule has 3 aromatic heterocycles. The summed E-state index contributed by atoms with van der Waals surface area (Å²) in [4.78, 5) is 9.71. The molecule has 3 heteroatoms. The van der Waals surface area contributed by atoms with Gasteiger partial charge < -0.3 is 4.57 Å². The van der Waals surface area contributed by atoms with Crippen LogP contribution < -0.4 is 0 Å². The maximum Gasteiger partial charge on any atom is 0.0892 e. The summed E-state index contributed by atoms with van der Waals surface area (Å²) in [5.41, 5.74) is 11.1. The number of rotatable bonds is 2. The second-order valence-electron chi connectivity index (χ2n) is 12.1. The third-order valence-corrected chi connectivity index (χ3v) is 9.50. The van der Waals surface area contributed by atoms with Crippen molar-refractivity contribution in [2.45, 2.75) is 32.1 Å². The lowest BCUT2D eigenvalue weighted by atomic mass is 9.78. The molecule has 0 atom stereocenters. The number of nitrogens with zero attached hydrogens (tertiary/aromatic N) is 3. The average Bonchev–Trinajstić information content (AvgIpc) is 3.50. The van der Waals surface area contributed by atoms with Gasteiger partial charge in [-0.3, -0.25) is 9.97 Å². The molecule has 4 aromatic carbocycles. The molecular formula is C39H29N3. The number of allylic oxidation sites excluding steroid dienone is 4. The smallest absolute Gasteiger partial charge is 0.0892 e. The molecule has 0 aliphatic heterocycles. The van der Waals surface area contributed by atoms with Crippen LogP contribution in [0.2, 0.25) is 0 Å². The molecule has 0 bridgehead atoms. The minimum absolute atomic E-state index is 0.113. The first-order chi connectivity index (χ1) is 20.6. The van der Waals surface area contributed by atoms with Crippen LogP contribution in [-0.2, 0) is 5.41 Å². The number of para-hydroxylation sites is 1. The van der Waals surface area contributed by atoms with Gasteiger partial charge in [0.05, 0.1) is 34.3 Å². The topological polar surface area (TPSA) is 30.7 Å². The van der Waals surface area contributed by atoms with Crippen LogP contribution in [0.5, 0.6) is 0 Å². The Morgan fingerprint density at radius 1 is 0.714 bits per heavy atom. The van der Waals surface area contributed by atoms with Gasteiger partial charge >= 0.3 is 0 Å². The zero-order valence-electron chi connectivity index (χ0n) is 23.7. The molecule has 0 saturated carbocycles. The SMILES string of the molecule is CC1(C)C2=C(CCC=C2)c2c1c1c(c3ccccc23)c2ccccc2n1-c1ccc(-c2cc3ccccc3cn2)nc1. The molecule has 42 heavy (non-hydrogen) atoms. The number of benzene rings is 4. The van der Waals surface area contributed by atoms with E-state index in [2.05, 4.69) is 115 Å². The monoisotopic (exact) mass is 539 g/mol. The standard InChI is InChI=1S/C39H29N3/c1-39(2)31-17-9-7-15-29(31)35-27-13-5-6-14-28(27)36-30-16-8-10-18-34(30)42(38(36)37(35)39)26-19-20-32(41-23-26)33-21-24-11-3-4-12-25(24)22-40-33/h3-6,8-14,16-23H,7,15H2,1-2H3. The fourth-order valence-electron chi connectivity index (χ4n) is 7.65. The molecule has 0 fully saturated rings. The number of hydrogen-bond acceptors (Lipinski definition) is 2. The Kier molecular flexibility index (Phi) is 4.79. The van der Waals surface area contributed by atoms with Gasteiger partial charge in [0, 0.05) is 27.8 Å². The number of hydrogen-bond donors (Lipinski definition) is 0. The molecule has 9 rings (SSSR count). The van der Waals surface area contributed by atoms with E-state index in [4.69, 9.17) is 9.97 Å². The van der Waals surface area contributed by atoms with Gasteiger partial charge in [0.1, 0.15) is 0 Å². The third-order valence-electron chi connectivity index (χ3n) is 9.50. The molecule has 200 valence electrons. The first kappa shape index (κ1) is 23.7. The lowest BCUT2D eigenvalue weighted by Crippen LogP contribution is -2.18. The largest absolute Gasteiger partial charge is 0.307 e. The molecular weight excluding hydrogens is 510 g/mol. The summed E-state index contributed by atoms with van der Waals surface area (Å²) in [5.74, 6) is 0. The summed E-state index contributed by atoms with van der Waals surface area (Å²) in [6.07, 6.45) is 10.9. The quantitative estimate of drug-likeness (QED) is 0.219. The Hall–Kier alpha value is -5.02. The summed E-state index contributed by atoms with van der Waals surface area (Å²) in [6.45, 7) is 4.82. The van der Waals surface area contributed by atoms with Crippen molar-refractivity contribution in [3.05, 3.63) is 132 Å². The Morgan fingerprint density at radius 3 is 2.29 bits per heavy atom. The summed E-state index contributed by atoms with van der Waals surface area (Å²) >= 11 is 0. The van der Waals surface area contributed by atoms with E-state index in [-0.39, 0.29) is 5.41 Å². The van der Waals surface area contributed by atoms with E-state index in [9.17, 15) is 0 Å². The Morgan fingerprint density at radius 2 is 1.45 bits per heavy atom. The van der Waals surface area contributed by atoms with Crippen molar-refractivity contribution in [2.24, 2.45) is 0 Å². The number of fused-ring (bicyclic) bond motifs is 10. The molecule has 0 saturated heterocycles. The van der Waals surface area contributed by atoms with E-state index >= 15 is 0 Å². The van der Waals surface area contributed by atoms with Crippen molar-refractivity contribution in [3.63, 3.8) is 0 Å².